The maximum absolute atomic E-state index is 12.5. The van der Waals surface area contributed by atoms with E-state index in [1.165, 1.54) is 0 Å². The number of carbonyl (C=O) groups is 1. The van der Waals surface area contributed by atoms with Crippen molar-refractivity contribution in [3.8, 4) is 0 Å². The Morgan fingerprint density at radius 2 is 2.00 bits per heavy atom. The summed E-state index contributed by atoms with van der Waals surface area (Å²) in [5.74, 6) is 0. The van der Waals surface area contributed by atoms with E-state index in [0.29, 0.717) is 6.54 Å². The van der Waals surface area contributed by atoms with Crippen LogP contribution >= 0.6 is 0 Å². The Bertz CT molecular complexity index is 607. The first-order chi connectivity index (χ1) is 11.6. The molecule has 0 aromatic heterocycles. The molecule has 1 fully saturated rings. The molecule has 4 nitrogen and oxygen atoms in total. The predicted molar refractivity (Wildman–Crippen MR) is 104 cm³/mol. The van der Waals surface area contributed by atoms with Crippen LogP contribution in [0.25, 0.3) is 0 Å². The normalized spacial score (nSPS) is 18.5. The molecule has 1 aliphatic rings. The zero-order valence-corrected chi connectivity index (χ0v) is 16.9. The highest BCUT2D eigenvalue weighted by atomic mass is 28.4. The molecule has 1 amide bonds. The highest BCUT2D eigenvalue weighted by Crippen LogP contribution is 2.41. The van der Waals surface area contributed by atoms with Crippen molar-refractivity contribution in [3.63, 3.8) is 0 Å². The monoisotopic (exact) mass is 361 g/mol. The van der Waals surface area contributed by atoms with Gasteiger partial charge in [-0.05, 0) is 43.0 Å². The van der Waals surface area contributed by atoms with Gasteiger partial charge in [0.05, 0.1) is 0 Å². The lowest BCUT2D eigenvalue weighted by Gasteiger charge is -2.36. The first-order valence-corrected chi connectivity index (χ1v) is 11.9. The molecule has 2 rings (SSSR count). The smallest absolute Gasteiger partial charge is 0.410 e. The minimum Gasteiger partial charge on any atom is -0.445 e. The van der Waals surface area contributed by atoms with Crippen molar-refractivity contribution in [2.24, 2.45) is 0 Å². The van der Waals surface area contributed by atoms with E-state index in [1.807, 2.05) is 43.4 Å². The van der Waals surface area contributed by atoms with E-state index in [0.717, 1.165) is 30.4 Å². The second-order valence-corrected chi connectivity index (χ2v) is 12.7. The molecule has 0 saturated carbocycles. The lowest BCUT2D eigenvalue weighted by molar-refractivity contribution is 0.0904. The lowest BCUT2D eigenvalue weighted by atomic mass is 10.00. The third-order valence-electron chi connectivity index (χ3n) is 5.56. The van der Waals surface area contributed by atoms with Crippen LogP contribution in [0.2, 0.25) is 18.1 Å². The third kappa shape index (κ3) is 5.19. The molecule has 1 aliphatic heterocycles. The van der Waals surface area contributed by atoms with Crippen LogP contribution in [0.4, 0.5) is 4.79 Å². The molecule has 1 saturated heterocycles. The molecular formula is C20H31NO3Si. The van der Waals surface area contributed by atoms with Crippen molar-refractivity contribution in [2.75, 3.05) is 6.54 Å². The van der Waals surface area contributed by atoms with E-state index in [4.69, 9.17) is 4.74 Å². The number of amides is 1. The number of rotatable bonds is 6. The summed E-state index contributed by atoms with van der Waals surface area (Å²) >= 11 is 0. The summed E-state index contributed by atoms with van der Waals surface area (Å²) in [4.78, 5) is 24.8. The number of hydrogen-bond donors (Lipinski definition) is 1. The molecule has 0 bridgehead atoms. The highest BCUT2D eigenvalue weighted by molar-refractivity contribution is 6.72. The first kappa shape index (κ1) is 19.7. The molecule has 25 heavy (non-hydrogen) atoms. The minimum atomic E-state index is -2.24. The first-order valence-electron chi connectivity index (χ1n) is 8.96. The van der Waals surface area contributed by atoms with Crippen molar-refractivity contribution < 1.29 is 14.3 Å². The quantitative estimate of drug-likeness (QED) is 0.589. The second-order valence-electron chi connectivity index (χ2n) is 8.26. The zero-order chi connectivity index (χ0) is 18.7. The van der Waals surface area contributed by atoms with Crippen LogP contribution in [0.15, 0.2) is 42.5 Å². The van der Waals surface area contributed by atoms with Crippen molar-refractivity contribution >= 4 is 14.4 Å². The van der Waals surface area contributed by atoms with Gasteiger partial charge in [-0.3, -0.25) is 0 Å². The number of likely N-dealkylation sites (tertiary alicyclic amines) is 1. The molecule has 0 radical (unpaired) electrons. The van der Waals surface area contributed by atoms with Gasteiger partial charge in [-0.2, -0.15) is 0 Å². The van der Waals surface area contributed by atoms with Gasteiger partial charge in [0, 0.05) is 12.6 Å². The van der Waals surface area contributed by atoms with Crippen molar-refractivity contribution in [1.82, 2.24) is 4.90 Å². The number of benzene rings is 1. The standard InChI is InChI=1S/C20H31NO3Si/c1-16-13-18(11-12-20(2,3)25(4,5)23)21(14-16)19(22)24-15-17-9-7-6-8-10-17/h6-10,18,23H,1,11-15H2,2-5H3/t18-/m1/s1. The number of nitrogens with zero attached hydrogens (tertiary/aromatic N) is 1. The van der Waals surface area contributed by atoms with Crippen LogP contribution in [0.1, 0.15) is 38.7 Å². The summed E-state index contributed by atoms with van der Waals surface area (Å²) in [5.41, 5.74) is 2.06. The highest BCUT2D eigenvalue weighted by Gasteiger charge is 2.40. The number of ether oxygens (including phenoxy) is 1. The van der Waals surface area contributed by atoms with E-state index >= 15 is 0 Å². The Morgan fingerprint density at radius 1 is 1.36 bits per heavy atom. The van der Waals surface area contributed by atoms with E-state index in [1.54, 1.807) is 4.90 Å². The number of carbonyl (C=O) groups excluding carboxylic acids is 1. The molecule has 138 valence electrons. The Hall–Kier alpha value is -1.59. The average molecular weight is 362 g/mol. The third-order valence-corrected chi connectivity index (χ3v) is 9.12. The summed E-state index contributed by atoms with van der Waals surface area (Å²) in [7, 11) is -2.24. The Balaban J connectivity index is 1.94. The van der Waals surface area contributed by atoms with Crippen LogP contribution in [-0.2, 0) is 11.3 Å². The summed E-state index contributed by atoms with van der Waals surface area (Å²) in [6.07, 6.45) is 2.31. The van der Waals surface area contributed by atoms with Crippen LogP contribution in [0.5, 0.6) is 0 Å². The fourth-order valence-corrected chi connectivity index (χ4v) is 3.74. The molecule has 1 heterocycles. The summed E-state index contributed by atoms with van der Waals surface area (Å²) in [5, 5.41) is -0.0868. The summed E-state index contributed by atoms with van der Waals surface area (Å²) < 4.78 is 5.49. The fraction of sp³-hybridized carbons (Fsp3) is 0.550. The Kier molecular flexibility index (Phi) is 6.11. The zero-order valence-electron chi connectivity index (χ0n) is 15.9. The summed E-state index contributed by atoms with van der Waals surface area (Å²) in [6, 6.07) is 9.83. The van der Waals surface area contributed by atoms with Gasteiger partial charge in [0.1, 0.15) is 6.61 Å². The van der Waals surface area contributed by atoms with Crippen LogP contribution in [-0.4, -0.2) is 36.7 Å². The van der Waals surface area contributed by atoms with Gasteiger partial charge in [0.2, 0.25) is 0 Å². The minimum absolute atomic E-state index is 0.0868. The average Bonchev–Trinajstić information content (AvgIpc) is 2.92. The molecule has 1 atom stereocenters. The molecule has 1 aromatic rings. The van der Waals surface area contributed by atoms with Gasteiger partial charge in [-0.25, -0.2) is 4.79 Å². The van der Waals surface area contributed by atoms with E-state index in [9.17, 15) is 9.59 Å². The van der Waals surface area contributed by atoms with E-state index < -0.39 is 8.32 Å². The summed E-state index contributed by atoms with van der Waals surface area (Å²) in [6.45, 7) is 13.1. The van der Waals surface area contributed by atoms with Crippen LogP contribution in [0, 0.1) is 0 Å². The Labute approximate surface area is 152 Å². The largest absolute Gasteiger partial charge is 0.445 e. The molecule has 1 aromatic carbocycles. The van der Waals surface area contributed by atoms with Gasteiger partial charge in [-0.1, -0.05) is 56.3 Å². The van der Waals surface area contributed by atoms with Crippen molar-refractivity contribution in [3.05, 3.63) is 48.0 Å². The van der Waals surface area contributed by atoms with Crippen molar-refractivity contribution in [2.45, 2.75) is 63.9 Å². The Morgan fingerprint density at radius 3 is 2.60 bits per heavy atom. The van der Waals surface area contributed by atoms with E-state index in [-0.39, 0.29) is 23.8 Å². The molecule has 1 N–H and O–H groups in total. The van der Waals surface area contributed by atoms with Crippen molar-refractivity contribution in [1.29, 1.82) is 0 Å². The molecule has 0 aliphatic carbocycles. The predicted octanol–water partition coefficient (Wildman–Crippen LogP) is 4.71. The second kappa shape index (κ2) is 7.75. The van der Waals surface area contributed by atoms with Crippen LogP contribution in [0.3, 0.4) is 0 Å². The maximum atomic E-state index is 12.5. The topological polar surface area (TPSA) is 49.8 Å². The van der Waals surface area contributed by atoms with Crippen LogP contribution < -0.4 is 0 Å². The number of hydrogen-bond acceptors (Lipinski definition) is 3. The SMILES string of the molecule is C=C1C[C@@H](CCC(C)(C)[Si](C)(C)O)N(C(=O)OCc2ccccc2)C1. The fourth-order valence-electron chi connectivity index (χ4n) is 2.99. The molecular weight excluding hydrogens is 330 g/mol. The van der Waals surface area contributed by atoms with Gasteiger partial charge >= 0.3 is 6.09 Å². The van der Waals surface area contributed by atoms with E-state index in [2.05, 4.69) is 20.4 Å². The maximum Gasteiger partial charge on any atom is 0.410 e. The molecule has 0 unspecified atom stereocenters. The van der Waals surface area contributed by atoms with Gasteiger partial charge in [0.25, 0.3) is 0 Å². The van der Waals surface area contributed by atoms with Gasteiger partial charge < -0.3 is 14.4 Å². The van der Waals surface area contributed by atoms with Gasteiger partial charge in [0.15, 0.2) is 8.32 Å². The van der Waals surface area contributed by atoms with Gasteiger partial charge in [-0.15, -0.1) is 0 Å². The molecule has 5 heteroatoms. The lowest BCUT2D eigenvalue weighted by Crippen LogP contribution is -2.41. The molecule has 0 spiro atoms.